The molecule has 2 atom stereocenters. The first-order valence-electron chi connectivity index (χ1n) is 6.84. The molecule has 0 aromatic rings. The zero-order valence-corrected chi connectivity index (χ0v) is 12.1. The van der Waals surface area contributed by atoms with Crippen molar-refractivity contribution in [1.29, 1.82) is 0 Å². The molecule has 2 nitrogen and oxygen atoms in total. The highest BCUT2D eigenvalue weighted by Gasteiger charge is 2.45. The molecule has 1 rings (SSSR count). The molecule has 1 fully saturated rings. The fraction of sp³-hybridized carbons (Fsp3) is 0.933. The third-order valence-corrected chi connectivity index (χ3v) is 4.10. The van der Waals surface area contributed by atoms with Crippen molar-refractivity contribution in [3.05, 3.63) is 0 Å². The molecule has 100 valence electrons. The van der Waals surface area contributed by atoms with Gasteiger partial charge >= 0.3 is 0 Å². The molecule has 1 saturated carbocycles. The summed E-state index contributed by atoms with van der Waals surface area (Å²) in [6, 6.07) is 0. The van der Waals surface area contributed by atoms with Crippen molar-refractivity contribution >= 4 is 5.78 Å². The van der Waals surface area contributed by atoms with Crippen molar-refractivity contribution in [2.24, 2.45) is 16.7 Å². The van der Waals surface area contributed by atoms with Gasteiger partial charge in [0.1, 0.15) is 5.78 Å². The molecule has 0 aromatic heterocycles. The Morgan fingerprint density at radius 1 is 1.35 bits per heavy atom. The zero-order chi connectivity index (χ0) is 13.1. The van der Waals surface area contributed by atoms with Gasteiger partial charge in [-0.3, -0.25) is 4.79 Å². The van der Waals surface area contributed by atoms with Gasteiger partial charge in [-0.25, -0.2) is 0 Å². The molecule has 1 aliphatic carbocycles. The van der Waals surface area contributed by atoms with Crippen LogP contribution >= 0.6 is 0 Å². The summed E-state index contributed by atoms with van der Waals surface area (Å²) in [7, 11) is 1.72. The molecule has 0 N–H and O–H groups in total. The molecule has 0 radical (unpaired) electrons. The maximum Gasteiger partial charge on any atom is 0.142 e. The molecule has 0 spiro atoms. The molecule has 2 unspecified atom stereocenters. The Hall–Kier alpha value is -0.370. The summed E-state index contributed by atoms with van der Waals surface area (Å²) >= 11 is 0. The van der Waals surface area contributed by atoms with Crippen LogP contribution in [0.1, 0.15) is 59.8 Å². The van der Waals surface area contributed by atoms with E-state index in [1.54, 1.807) is 7.11 Å². The largest absolute Gasteiger partial charge is 0.384 e. The van der Waals surface area contributed by atoms with Crippen molar-refractivity contribution in [3.63, 3.8) is 0 Å². The average molecular weight is 240 g/mol. The highest BCUT2D eigenvalue weighted by atomic mass is 16.5. The number of ketones is 1. The van der Waals surface area contributed by atoms with Crippen LogP contribution in [0.2, 0.25) is 0 Å². The second-order valence-corrected chi connectivity index (χ2v) is 6.90. The minimum Gasteiger partial charge on any atom is -0.384 e. The van der Waals surface area contributed by atoms with Gasteiger partial charge in [-0.05, 0) is 24.2 Å². The first kappa shape index (κ1) is 14.7. The molecule has 0 saturated heterocycles. The maximum absolute atomic E-state index is 12.7. The number of carbonyl (C=O) groups is 1. The van der Waals surface area contributed by atoms with Crippen LogP contribution in [0.15, 0.2) is 0 Å². The number of ether oxygens (including phenoxy) is 1. The van der Waals surface area contributed by atoms with Gasteiger partial charge in [0.05, 0.1) is 12.0 Å². The van der Waals surface area contributed by atoms with Crippen molar-refractivity contribution < 1.29 is 9.53 Å². The van der Waals surface area contributed by atoms with E-state index in [-0.39, 0.29) is 10.8 Å². The van der Waals surface area contributed by atoms with E-state index in [1.807, 2.05) is 0 Å². The lowest BCUT2D eigenvalue weighted by atomic mass is 9.63. The van der Waals surface area contributed by atoms with Crippen LogP contribution in [0.3, 0.4) is 0 Å². The number of methoxy groups -OCH3 is 1. The van der Waals surface area contributed by atoms with Gasteiger partial charge < -0.3 is 4.74 Å². The number of hydrogen-bond acceptors (Lipinski definition) is 2. The van der Waals surface area contributed by atoms with Crippen LogP contribution in [0, 0.1) is 16.7 Å². The van der Waals surface area contributed by atoms with Crippen molar-refractivity contribution in [1.82, 2.24) is 0 Å². The molecule has 1 aliphatic rings. The zero-order valence-electron chi connectivity index (χ0n) is 12.1. The van der Waals surface area contributed by atoms with Gasteiger partial charge in [-0.15, -0.1) is 0 Å². The summed E-state index contributed by atoms with van der Waals surface area (Å²) in [4.78, 5) is 12.7. The van der Waals surface area contributed by atoms with E-state index in [1.165, 1.54) is 19.3 Å². The fourth-order valence-electron chi connectivity index (χ4n) is 3.04. The number of rotatable bonds is 4. The van der Waals surface area contributed by atoms with Crippen LogP contribution in [0.5, 0.6) is 0 Å². The van der Waals surface area contributed by atoms with Crippen molar-refractivity contribution in [3.8, 4) is 0 Å². The first-order chi connectivity index (χ1) is 7.82. The quantitative estimate of drug-likeness (QED) is 0.746. The summed E-state index contributed by atoms with van der Waals surface area (Å²) in [5.41, 5.74) is -0.130. The topological polar surface area (TPSA) is 26.3 Å². The van der Waals surface area contributed by atoms with Crippen molar-refractivity contribution in [2.75, 3.05) is 13.7 Å². The van der Waals surface area contributed by atoms with E-state index >= 15 is 0 Å². The lowest BCUT2D eigenvalue weighted by Gasteiger charge is -2.42. The minimum atomic E-state index is -0.208. The maximum atomic E-state index is 12.7. The van der Waals surface area contributed by atoms with Gasteiger partial charge in [0, 0.05) is 13.5 Å². The van der Waals surface area contributed by atoms with Crippen LogP contribution in [0.4, 0.5) is 0 Å². The highest BCUT2D eigenvalue weighted by molar-refractivity contribution is 5.86. The molecule has 0 bridgehead atoms. The molecular formula is C15H28O2. The van der Waals surface area contributed by atoms with E-state index in [2.05, 4.69) is 27.7 Å². The Labute approximate surface area is 106 Å². The van der Waals surface area contributed by atoms with Crippen LogP contribution in [0.25, 0.3) is 0 Å². The lowest BCUT2D eigenvalue weighted by Crippen LogP contribution is -2.44. The Bertz CT molecular complexity index is 261. The monoisotopic (exact) mass is 240 g/mol. The van der Waals surface area contributed by atoms with E-state index in [0.717, 1.165) is 6.42 Å². The second kappa shape index (κ2) is 5.51. The molecule has 0 aromatic carbocycles. The van der Waals surface area contributed by atoms with Gasteiger partial charge in [-0.1, -0.05) is 40.5 Å². The SMILES string of the molecule is COCC1(C(=O)CC(C)(C)C)CCCCC1C. The normalized spacial score (nSPS) is 30.3. The van der Waals surface area contributed by atoms with Gasteiger partial charge in [-0.2, -0.15) is 0 Å². The van der Waals surface area contributed by atoms with E-state index < -0.39 is 0 Å². The summed E-state index contributed by atoms with van der Waals surface area (Å²) in [6.07, 6.45) is 5.27. The summed E-state index contributed by atoms with van der Waals surface area (Å²) in [5.74, 6) is 0.880. The van der Waals surface area contributed by atoms with E-state index in [0.29, 0.717) is 24.7 Å². The number of Topliss-reactive ketones (excluding diaryl/α,β-unsaturated/α-hetero) is 1. The average Bonchev–Trinajstić information content (AvgIpc) is 2.19. The third kappa shape index (κ3) is 3.54. The fourth-order valence-corrected chi connectivity index (χ4v) is 3.04. The standard InChI is InChI=1S/C15H28O2/c1-12-8-6-7-9-15(12,11-17-5)13(16)10-14(2,3)4/h12H,6-11H2,1-5H3. The van der Waals surface area contributed by atoms with Crippen molar-refractivity contribution in [2.45, 2.75) is 59.8 Å². The molecular weight excluding hydrogens is 212 g/mol. The van der Waals surface area contributed by atoms with E-state index in [4.69, 9.17) is 4.74 Å². The molecule has 0 aliphatic heterocycles. The molecule has 17 heavy (non-hydrogen) atoms. The Balaban J connectivity index is 2.86. The van der Waals surface area contributed by atoms with Gasteiger partial charge in [0.25, 0.3) is 0 Å². The van der Waals surface area contributed by atoms with Gasteiger partial charge in [0.15, 0.2) is 0 Å². The predicted molar refractivity (Wildman–Crippen MR) is 71.0 cm³/mol. The van der Waals surface area contributed by atoms with Crippen LogP contribution in [-0.2, 0) is 9.53 Å². The predicted octanol–water partition coefficient (Wildman–Crippen LogP) is 3.83. The lowest BCUT2D eigenvalue weighted by molar-refractivity contribution is -0.140. The summed E-state index contributed by atoms with van der Waals surface area (Å²) < 4.78 is 5.37. The third-order valence-electron chi connectivity index (χ3n) is 4.10. The molecule has 0 amide bonds. The smallest absolute Gasteiger partial charge is 0.142 e. The Kier molecular flexibility index (Phi) is 4.77. The number of carbonyl (C=O) groups excluding carboxylic acids is 1. The first-order valence-corrected chi connectivity index (χ1v) is 6.84. The Morgan fingerprint density at radius 3 is 2.47 bits per heavy atom. The summed E-state index contributed by atoms with van der Waals surface area (Å²) in [6.45, 7) is 9.23. The van der Waals surface area contributed by atoms with E-state index in [9.17, 15) is 4.79 Å². The number of hydrogen-bond donors (Lipinski definition) is 0. The Morgan fingerprint density at radius 2 is 2.00 bits per heavy atom. The minimum absolute atomic E-state index is 0.0784. The van der Waals surface area contributed by atoms with Crippen LogP contribution < -0.4 is 0 Å². The van der Waals surface area contributed by atoms with Gasteiger partial charge in [0.2, 0.25) is 0 Å². The molecule has 2 heteroatoms. The van der Waals surface area contributed by atoms with Crippen LogP contribution in [-0.4, -0.2) is 19.5 Å². The second-order valence-electron chi connectivity index (χ2n) is 6.90. The molecule has 0 heterocycles. The highest BCUT2D eigenvalue weighted by Crippen LogP contribution is 2.44. The summed E-state index contributed by atoms with van der Waals surface area (Å²) in [5, 5.41) is 0.